The van der Waals surface area contributed by atoms with Gasteiger partial charge in [0.05, 0.1) is 12.1 Å². The molecule has 0 heterocycles. The minimum atomic E-state index is -0.588. The molecular formula is C23H31N3O. The fourth-order valence-corrected chi connectivity index (χ4v) is 8.72. The van der Waals surface area contributed by atoms with Gasteiger partial charge in [-0.05, 0) is 84.2 Å². The average Bonchev–Trinajstić information content (AvgIpc) is 3.19. The van der Waals surface area contributed by atoms with Crippen LogP contribution in [-0.2, 0) is 12.8 Å². The SMILES string of the molecule is CCc1cccc(CC)c1NC(N)=NCC1(O)C2C3CC4C5C3CC2C5C41. The molecule has 1 aromatic carbocycles. The minimum Gasteiger partial charge on any atom is -0.387 e. The smallest absolute Gasteiger partial charge is 0.193 e. The summed E-state index contributed by atoms with van der Waals surface area (Å²) in [7, 11) is 0. The largest absolute Gasteiger partial charge is 0.387 e. The molecule has 4 N–H and O–H groups in total. The highest BCUT2D eigenvalue weighted by molar-refractivity contribution is 5.94. The molecule has 0 aromatic heterocycles. The van der Waals surface area contributed by atoms with Crippen molar-refractivity contribution < 1.29 is 5.11 Å². The number of anilines is 1. The van der Waals surface area contributed by atoms with E-state index in [1.807, 2.05) is 0 Å². The van der Waals surface area contributed by atoms with Crippen molar-refractivity contribution in [2.24, 2.45) is 58.1 Å². The molecular weight excluding hydrogens is 334 g/mol. The first-order chi connectivity index (χ1) is 13.1. The molecule has 1 aromatic rings. The van der Waals surface area contributed by atoms with E-state index in [1.165, 1.54) is 24.0 Å². The van der Waals surface area contributed by atoms with Crippen LogP contribution in [0, 0.1) is 47.3 Å². The number of para-hydroxylation sites is 1. The normalized spacial score (nSPS) is 47.7. The Morgan fingerprint density at radius 3 is 2.44 bits per heavy atom. The summed E-state index contributed by atoms with van der Waals surface area (Å²) in [4.78, 5) is 4.70. The predicted octanol–water partition coefficient (Wildman–Crippen LogP) is 3.05. The topological polar surface area (TPSA) is 70.6 Å². The number of aliphatic hydroxyl groups is 1. The van der Waals surface area contributed by atoms with E-state index < -0.39 is 5.60 Å². The van der Waals surface area contributed by atoms with Crippen LogP contribution in [0.2, 0.25) is 0 Å². The van der Waals surface area contributed by atoms with Gasteiger partial charge in [-0.3, -0.25) is 4.99 Å². The number of guanidine groups is 1. The number of nitrogens with two attached hydrogens (primary N) is 1. The van der Waals surface area contributed by atoms with Gasteiger partial charge in [0, 0.05) is 5.69 Å². The summed E-state index contributed by atoms with van der Waals surface area (Å²) in [6, 6.07) is 6.42. The van der Waals surface area contributed by atoms with Crippen molar-refractivity contribution >= 4 is 11.6 Å². The Balaban J connectivity index is 1.25. The minimum absolute atomic E-state index is 0.456. The summed E-state index contributed by atoms with van der Waals surface area (Å²) in [6.45, 7) is 4.82. The fourth-order valence-electron chi connectivity index (χ4n) is 8.72. The Kier molecular flexibility index (Phi) is 3.21. The lowest BCUT2D eigenvalue weighted by molar-refractivity contribution is -0.123. The van der Waals surface area contributed by atoms with Crippen molar-refractivity contribution in [2.75, 3.05) is 11.9 Å². The Morgan fingerprint density at radius 2 is 1.74 bits per heavy atom. The molecule has 9 atom stereocenters. The lowest BCUT2D eigenvalue weighted by Crippen LogP contribution is -2.56. The van der Waals surface area contributed by atoms with Gasteiger partial charge in [0.25, 0.3) is 0 Å². The summed E-state index contributed by atoms with van der Waals surface area (Å²) < 4.78 is 0. The quantitative estimate of drug-likeness (QED) is 0.555. The van der Waals surface area contributed by atoms with E-state index in [0.29, 0.717) is 24.3 Å². The number of aliphatic imine (C=N–C) groups is 1. The summed E-state index contributed by atoms with van der Waals surface area (Å²) in [5.41, 5.74) is 9.36. The number of nitrogens with one attached hydrogen (secondary N) is 1. The summed E-state index contributed by atoms with van der Waals surface area (Å²) in [5.74, 6) is 6.52. The third-order valence-corrected chi connectivity index (χ3v) is 9.27. The molecule has 0 amide bonds. The van der Waals surface area contributed by atoms with Crippen LogP contribution in [0.5, 0.6) is 0 Å². The van der Waals surface area contributed by atoms with Crippen LogP contribution < -0.4 is 11.1 Å². The third-order valence-electron chi connectivity index (χ3n) is 9.27. The maximum atomic E-state index is 11.7. The summed E-state index contributed by atoms with van der Waals surface area (Å²) in [5, 5.41) is 15.1. The van der Waals surface area contributed by atoms with Gasteiger partial charge in [-0.2, -0.15) is 0 Å². The van der Waals surface area contributed by atoms with Crippen molar-refractivity contribution in [3.8, 4) is 0 Å². The average molecular weight is 366 g/mol. The van der Waals surface area contributed by atoms with E-state index in [4.69, 9.17) is 10.7 Å². The van der Waals surface area contributed by atoms with Crippen molar-refractivity contribution in [1.29, 1.82) is 0 Å². The first-order valence-corrected chi connectivity index (χ1v) is 11.0. The Hall–Kier alpha value is -1.55. The highest BCUT2D eigenvalue weighted by Gasteiger charge is 2.84. The summed E-state index contributed by atoms with van der Waals surface area (Å²) in [6.07, 6.45) is 4.71. The van der Waals surface area contributed by atoms with Gasteiger partial charge in [-0.25, -0.2) is 0 Å². The second-order valence-electron chi connectivity index (χ2n) is 9.81. The van der Waals surface area contributed by atoms with E-state index in [-0.39, 0.29) is 0 Å². The fraction of sp³-hybridized carbons (Fsp3) is 0.696. The summed E-state index contributed by atoms with van der Waals surface area (Å²) >= 11 is 0. The molecule has 4 heteroatoms. The molecule has 2 bridgehead atoms. The van der Waals surface area contributed by atoms with Gasteiger partial charge in [0.1, 0.15) is 0 Å². The zero-order valence-electron chi connectivity index (χ0n) is 16.4. The molecule has 0 saturated heterocycles. The van der Waals surface area contributed by atoms with E-state index in [0.717, 1.165) is 54.0 Å². The molecule has 5 aliphatic carbocycles. The van der Waals surface area contributed by atoms with Gasteiger partial charge in [-0.1, -0.05) is 32.0 Å². The van der Waals surface area contributed by atoms with E-state index in [9.17, 15) is 5.11 Å². The van der Waals surface area contributed by atoms with Gasteiger partial charge < -0.3 is 16.2 Å². The zero-order valence-corrected chi connectivity index (χ0v) is 16.4. The number of nitrogens with zero attached hydrogens (tertiary/aromatic N) is 1. The number of hydrogen-bond acceptors (Lipinski definition) is 2. The standard InChI is InChI=1S/C23H31N3O/c1-3-11-6-5-7-12(4-2)21(11)26-22(24)25-10-23(27)19-14-9-15-17-13(14)8-16(19)18(17)20(15)23/h5-7,13-20,27H,3-4,8-10H2,1-2H3,(H3,24,25,26). The molecule has 144 valence electrons. The van der Waals surface area contributed by atoms with E-state index in [1.54, 1.807) is 0 Å². The van der Waals surface area contributed by atoms with Crippen LogP contribution >= 0.6 is 0 Å². The number of aryl methyl sites for hydroxylation is 2. The van der Waals surface area contributed by atoms with Crippen LogP contribution in [-0.4, -0.2) is 23.2 Å². The maximum absolute atomic E-state index is 11.7. The number of rotatable bonds is 5. The van der Waals surface area contributed by atoms with E-state index in [2.05, 4.69) is 37.4 Å². The van der Waals surface area contributed by atoms with Gasteiger partial charge in [0.15, 0.2) is 5.96 Å². The van der Waals surface area contributed by atoms with Crippen LogP contribution in [0.15, 0.2) is 23.2 Å². The second kappa shape index (κ2) is 5.28. The second-order valence-corrected chi connectivity index (χ2v) is 9.81. The molecule has 0 spiro atoms. The van der Waals surface area contributed by atoms with Crippen molar-refractivity contribution in [1.82, 2.24) is 0 Å². The van der Waals surface area contributed by atoms with Crippen LogP contribution in [0.1, 0.15) is 37.8 Å². The van der Waals surface area contributed by atoms with E-state index >= 15 is 0 Å². The van der Waals surface area contributed by atoms with Gasteiger partial charge >= 0.3 is 0 Å². The molecule has 27 heavy (non-hydrogen) atoms. The van der Waals surface area contributed by atoms with Gasteiger partial charge in [-0.15, -0.1) is 0 Å². The molecule has 4 nitrogen and oxygen atoms in total. The maximum Gasteiger partial charge on any atom is 0.193 e. The van der Waals surface area contributed by atoms with Crippen LogP contribution in [0.3, 0.4) is 0 Å². The number of hydrogen-bond donors (Lipinski definition) is 3. The zero-order chi connectivity index (χ0) is 18.5. The number of fused-ring (bicyclic) bond motifs is 2. The van der Waals surface area contributed by atoms with Gasteiger partial charge in [0.2, 0.25) is 0 Å². The molecule has 9 unspecified atom stereocenters. The Morgan fingerprint density at radius 1 is 1.07 bits per heavy atom. The molecule has 0 radical (unpaired) electrons. The lowest BCUT2D eigenvalue weighted by Gasteiger charge is -2.51. The predicted molar refractivity (Wildman–Crippen MR) is 107 cm³/mol. The van der Waals surface area contributed by atoms with Crippen molar-refractivity contribution in [3.05, 3.63) is 29.3 Å². The molecule has 5 saturated carbocycles. The molecule has 0 aliphatic heterocycles. The Labute approximate surface area is 161 Å². The molecule has 6 rings (SSSR count). The monoisotopic (exact) mass is 365 g/mol. The van der Waals surface area contributed by atoms with Crippen molar-refractivity contribution in [3.63, 3.8) is 0 Å². The molecule has 5 aliphatic rings. The van der Waals surface area contributed by atoms with Crippen LogP contribution in [0.4, 0.5) is 5.69 Å². The first-order valence-electron chi connectivity index (χ1n) is 11.0. The highest BCUT2D eigenvalue weighted by Crippen LogP contribution is 2.85. The van der Waals surface area contributed by atoms with Crippen molar-refractivity contribution in [2.45, 2.75) is 45.1 Å². The highest BCUT2D eigenvalue weighted by atomic mass is 16.3. The molecule has 5 fully saturated rings. The lowest BCUT2D eigenvalue weighted by atomic mass is 9.56. The number of benzene rings is 1. The third kappa shape index (κ3) is 1.81. The Bertz CT molecular complexity index is 807. The first kappa shape index (κ1) is 16.4. The van der Waals surface area contributed by atoms with Crippen LogP contribution in [0.25, 0.3) is 0 Å².